The lowest BCUT2D eigenvalue weighted by Crippen LogP contribution is -2.05. The molecule has 0 saturated heterocycles. The monoisotopic (exact) mass is 378 g/mol. The summed E-state index contributed by atoms with van der Waals surface area (Å²) in [5.41, 5.74) is 0. The van der Waals surface area contributed by atoms with E-state index >= 15 is 0 Å². The molecule has 0 aliphatic carbocycles. The number of nitro groups is 1. The van der Waals surface area contributed by atoms with E-state index in [1.54, 1.807) is 0 Å². The molecule has 9 nitrogen and oxygen atoms in total. The van der Waals surface area contributed by atoms with Gasteiger partial charge in [-0.05, 0) is 25.8 Å². The van der Waals surface area contributed by atoms with Crippen molar-refractivity contribution < 1.29 is 9.66 Å². The second-order valence-electron chi connectivity index (χ2n) is 2.88. The molecule has 0 bridgehead atoms. The van der Waals surface area contributed by atoms with Crippen molar-refractivity contribution in [3.63, 3.8) is 0 Å². The quantitative estimate of drug-likeness (QED) is 0.587. The van der Waals surface area contributed by atoms with E-state index < -0.39 is 10.9 Å². The summed E-state index contributed by atoms with van der Waals surface area (Å²) in [6.07, 6.45) is 1.45. The van der Waals surface area contributed by atoms with Crippen molar-refractivity contribution in [1.29, 1.82) is 0 Å². The molecule has 0 spiro atoms. The van der Waals surface area contributed by atoms with Gasteiger partial charge in [-0.2, -0.15) is 4.98 Å². The minimum absolute atomic E-state index is 0.0996. The van der Waals surface area contributed by atoms with Crippen LogP contribution >= 0.6 is 31.9 Å². The summed E-state index contributed by atoms with van der Waals surface area (Å²) in [4.78, 5) is 21.4. The second-order valence-corrected chi connectivity index (χ2v) is 4.44. The van der Waals surface area contributed by atoms with Gasteiger partial charge in [-0.25, -0.2) is 4.98 Å². The lowest BCUT2D eigenvalue weighted by Gasteiger charge is -2.02. The van der Waals surface area contributed by atoms with Crippen LogP contribution in [0.1, 0.15) is 0 Å². The number of hydrogen-bond donors (Lipinski definition) is 0. The van der Waals surface area contributed by atoms with Crippen LogP contribution in [0.2, 0.25) is 0 Å². The molecule has 0 N–H and O–H groups in total. The Bertz CT molecular complexity index is 615. The number of nitrogens with zero attached hydrogens (tertiary/aromatic N) is 6. The lowest BCUT2D eigenvalue weighted by atomic mass is 10.6. The third-order valence-corrected chi connectivity index (χ3v) is 2.86. The number of ether oxygens (including phenoxy) is 1. The first-order chi connectivity index (χ1) is 8.52. The van der Waals surface area contributed by atoms with E-state index in [4.69, 9.17) is 4.74 Å². The molecular formula is C7H4Br2N6O3. The minimum atomic E-state index is -0.711. The zero-order chi connectivity index (χ0) is 13.3. The zero-order valence-corrected chi connectivity index (χ0v) is 11.9. The second kappa shape index (κ2) is 4.94. The standard InChI is InChI=1S/C7H4Br2N6O3/c1-18-4-3(8)2-10-6(11-4)14-5(9)12-7(13-14)15(16)17/h2H,1H3. The van der Waals surface area contributed by atoms with Crippen LogP contribution in [0, 0.1) is 10.1 Å². The Balaban J connectivity index is 2.51. The van der Waals surface area contributed by atoms with E-state index in [2.05, 4.69) is 51.9 Å². The third-order valence-electron chi connectivity index (χ3n) is 1.80. The summed E-state index contributed by atoms with van der Waals surface area (Å²) >= 11 is 6.23. The summed E-state index contributed by atoms with van der Waals surface area (Å²) in [6, 6.07) is 0. The Morgan fingerprint density at radius 1 is 1.44 bits per heavy atom. The van der Waals surface area contributed by atoms with E-state index in [9.17, 15) is 10.1 Å². The fourth-order valence-corrected chi connectivity index (χ4v) is 1.82. The smallest absolute Gasteiger partial charge is 0.480 e. The molecule has 2 heterocycles. The highest BCUT2D eigenvalue weighted by Crippen LogP contribution is 2.23. The van der Waals surface area contributed by atoms with Crippen molar-refractivity contribution in [3.8, 4) is 11.8 Å². The molecule has 94 valence electrons. The number of aromatic nitrogens is 5. The molecule has 0 aromatic carbocycles. The van der Waals surface area contributed by atoms with Gasteiger partial charge in [0.1, 0.15) is 0 Å². The first-order valence-electron chi connectivity index (χ1n) is 4.36. The highest BCUT2D eigenvalue weighted by Gasteiger charge is 2.23. The van der Waals surface area contributed by atoms with Gasteiger partial charge in [-0.3, -0.25) is 0 Å². The molecule has 0 radical (unpaired) electrons. The molecule has 0 fully saturated rings. The van der Waals surface area contributed by atoms with E-state index in [1.165, 1.54) is 13.3 Å². The van der Waals surface area contributed by atoms with Gasteiger partial charge >= 0.3 is 5.95 Å². The molecule has 2 aromatic rings. The Kier molecular flexibility index (Phi) is 3.52. The van der Waals surface area contributed by atoms with Crippen molar-refractivity contribution in [2.75, 3.05) is 7.11 Å². The summed E-state index contributed by atoms with van der Waals surface area (Å²) in [5, 5.41) is 14.2. The molecule has 11 heteroatoms. The van der Waals surface area contributed by atoms with Crippen molar-refractivity contribution in [3.05, 3.63) is 25.5 Å². The maximum Gasteiger partial charge on any atom is 0.492 e. The molecule has 0 unspecified atom stereocenters. The molecule has 0 aliphatic rings. The van der Waals surface area contributed by atoms with Crippen LogP contribution in [0.4, 0.5) is 5.95 Å². The Labute approximate surface area is 117 Å². The van der Waals surface area contributed by atoms with Crippen LogP contribution in [0.25, 0.3) is 5.95 Å². The number of rotatable bonds is 3. The van der Waals surface area contributed by atoms with Gasteiger partial charge in [0.25, 0.3) is 10.7 Å². The van der Waals surface area contributed by atoms with E-state index in [0.717, 1.165) is 4.68 Å². The summed E-state index contributed by atoms with van der Waals surface area (Å²) < 4.78 is 6.76. The highest BCUT2D eigenvalue weighted by atomic mass is 79.9. The molecule has 0 saturated carbocycles. The zero-order valence-electron chi connectivity index (χ0n) is 8.74. The number of methoxy groups -OCH3 is 1. The average Bonchev–Trinajstić information content (AvgIpc) is 2.72. The molecule has 2 rings (SSSR count). The van der Waals surface area contributed by atoms with Crippen LogP contribution in [-0.4, -0.2) is 36.8 Å². The Morgan fingerprint density at radius 2 is 2.17 bits per heavy atom. The fraction of sp³-hybridized carbons (Fsp3) is 0.143. The van der Waals surface area contributed by atoms with Gasteiger partial charge in [0.2, 0.25) is 5.88 Å². The number of hydrogen-bond acceptors (Lipinski definition) is 7. The van der Waals surface area contributed by atoms with Crippen molar-refractivity contribution in [2.24, 2.45) is 0 Å². The molecule has 0 aliphatic heterocycles. The maximum atomic E-state index is 10.5. The van der Waals surface area contributed by atoms with Crippen molar-refractivity contribution in [1.82, 2.24) is 24.7 Å². The van der Waals surface area contributed by atoms with Crippen LogP contribution in [-0.2, 0) is 0 Å². The molecule has 0 atom stereocenters. The first kappa shape index (κ1) is 12.8. The van der Waals surface area contributed by atoms with Gasteiger partial charge in [0.15, 0.2) is 0 Å². The van der Waals surface area contributed by atoms with Gasteiger partial charge in [-0.1, -0.05) is 4.68 Å². The fourth-order valence-electron chi connectivity index (χ4n) is 1.08. The summed E-state index contributed by atoms with van der Waals surface area (Å²) in [7, 11) is 1.44. The van der Waals surface area contributed by atoms with Gasteiger partial charge < -0.3 is 14.9 Å². The lowest BCUT2D eigenvalue weighted by molar-refractivity contribution is -0.394. The van der Waals surface area contributed by atoms with Crippen LogP contribution in [0.15, 0.2) is 15.4 Å². The SMILES string of the molecule is COc1nc(-n2nc([N+](=O)[O-])nc2Br)ncc1Br. The largest absolute Gasteiger partial charge is 0.492 e. The summed E-state index contributed by atoms with van der Waals surface area (Å²) in [6.45, 7) is 0. The predicted octanol–water partition coefficient (Wildman–Crippen LogP) is 1.50. The summed E-state index contributed by atoms with van der Waals surface area (Å²) in [5.74, 6) is -0.167. The van der Waals surface area contributed by atoms with Crippen molar-refractivity contribution in [2.45, 2.75) is 0 Å². The topological polar surface area (TPSA) is 109 Å². The third kappa shape index (κ3) is 2.31. The van der Waals surface area contributed by atoms with Crippen LogP contribution < -0.4 is 4.74 Å². The van der Waals surface area contributed by atoms with E-state index in [0.29, 0.717) is 4.47 Å². The molecule has 18 heavy (non-hydrogen) atoms. The van der Waals surface area contributed by atoms with Gasteiger partial charge in [0, 0.05) is 21.0 Å². The highest BCUT2D eigenvalue weighted by molar-refractivity contribution is 9.10. The maximum absolute atomic E-state index is 10.5. The predicted molar refractivity (Wildman–Crippen MR) is 65.6 cm³/mol. The average molecular weight is 380 g/mol. The molecule has 2 aromatic heterocycles. The first-order valence-corrected chi connectivity index (χ1v) is 5.95. The van der Waals surface area contributed by atoms with Gasteiger partial charge in [-0.15, -0.1) is 0 Å². The van der Waals surface area contributed by atoms with E-state index in [-0.39, 0.29) is 16.6 Å². The van der Waals surface area contributed by atoms with E-state index in [1.807, 2.05) is 0 Å². The molecule has 0 amide bonds. The normalized spacial score (nSPS) is 10.4. The van der Waals surface area contributed by atoms with Crippen molar-refractivity contribution >= 4 is 37.8 Å². The Hall–Kier alpha value is -1.62. The Morgan fingerprint density at radius 3 is 2.72 bits per heavy atom. The molecular weight excluding hydrogens is 376 g/mol. The minimum Gasteiger partial charge on any atom is -0.480 e. The number of halogens is 2. The van der Waals surface area contributed by atoms with Crippen LogP contribution in [0.5, 0.6) is 5.88 Å². The van der Waals surface area contributed by atoms with Crippen LogP contribution in [0.3, 0.4) is 0 Å². The van der Waals surface area contributed by atoms with Gasteiger partial charge in [0.05, 0.1) is 17.8 Å².